The minimum absolute atomic E-state index is 0.604. The summed E-state index contributed by atoms with van der Waals surface area (Å²) in [6.07, 6.45) is 1.42. The molecule has 0 unspecified atom stereocenters. The van der Waals surface area contributed by atoms with Crippen molar-refractivity contribution in [2.45, 2.75) is 19.4 Å². The Kier molecular flexibility index (Phi) is 3.26. The molecule has 0 saturated heterocycles. The first kappa shape index (κ1) is 10.2. The van der Waals surface area contributed by atoms with Crippen LogP contribution in [0.1, 0.15) is 13.8 Å². The second-order valence-corrected chi connectivity index (χ2v) is 3.09. The van der Waals surface area contributed by atoms with Crippen molar-refractivity contribution in [1.82, 2.24) is 4.90 Å². The maximum absolute atomic E-state index is 9.56. The molecular weight excluding hydrogens is 140 g/mol. The van der Waals surface area contributed by atoms with Crippen molar-refractivity contribution in [3.05, 3.63) is 12.8 Å². The third kappa shape index (κ3) is 3.18. The fourth-order valence-corrected chi connectivity index (χ4v) is 0.907. The van der Waals surface area contributed by atoms with Gasteiger partial charge in [0, 0.05) is 20.3 Å². The van der Waals surface area contributed by atoms with Crippen LogP contribution in [0.4, 0.5) is 0 Å². The normalized spacial score (nSPS) is 13.0. The van der Waals surface area contributed by atoms with E-state index >= 15 is 0 Å². The molecular formula is C8H16N2O. The zero-order valence-corrected chi connectivity index (χ0v) is 7.63. The van der Waals surface area contributed by atoms with E-state index in [1.54, 1.807) is 18.7 Å². The summed E-state index contributed by atoms with van der Waals surface area (Å²) in [6, 6.07) is 0. The van der Waals surface area contributed by atoms with Gasteiger partial charge in [-0.2, -0.15) is 0 Å². The summed E-state index contributed by atoms with van der Waals surface area (Å²) in [5, 5.41) is 9.56. The number of hydrogen-bond donors (Lipinski definition) is 1. The second-order valence-electron chi connectivity index (χ2n) is 3.09. The van der Waals surface area contributed by atoms with Crippen LogP contribution in [-0.4, -0.2) is 35.5 Å². The molecule has 11 heavy (non-hydrogen) atoms. The number of nitrogens with zero attached hydrogens (tertiary/aromatic N) is 2. The molecule has 3 heteroatoms. The maximum atomic E-state index is 9.56. The molecule has 64 valence electrons. The molecule has 0 radical (unpaired) electrons. The molecule has 0 aliphatic rings. The van der Waals surface area contributed by atoms with Gasteiger partial charge in [0.25, 0.3) is 0 Å². The number of aliphatic imine (C=N–C) groups is 1. The van der Waals surface area contributed by atoms with E-state index in [1.807, 2.05) is 14.1 Å². The zero-order chi connectivity index (χ0) is 9.07. The molecule has 0 aliphatic heterocycles. The van der Waals surface area contributed by atoms with Crippen LogP contribution in [-0.2, 0) is 0 Å². The molecule has 0 atom stereocenters. The topological polar surface area (TPSA) is 35.8 Å². The molecule has 0 aliphatic carbocycles. The van der Waals surface area contributed by atoms with Crippen molar-refractivity contribution in [2.24, 2.45) is 4.99 Å². The molecule has 0 aromatic rings. The molecule has 0 aromatic carbocycles. The fourth-order valence-electron chi connectivity index (χ4n) is 0.907. The van der Waals surface area contributed by atoms with Crippen molar-refractivity contribution >= 4 is 5.84 Å². The first-order valence-corrected chi connectivity index (χ1v) is 3.48. The van der Waals surface area contributed by atoms with Crippen molar-refractivity contribution in [1.29, 1.82) is 0 Å². The Morgan fingerprint density at radius 2 is 2.00 bits per heavy atom. The third-order valence-corrected chi connectivity index (χ3v) is 1.18. The number of hydrogen-bond acceptors (Lipinski definition) is 2. The molecule has 3 nitrogen and oxygen atoms in total. The van der Waals surface area contributed by atoms with Crippen LogP contribution >= 0.6 is 0 Å². The van der Waals surface area contributed by atoms with E-state index in [0.717, 1.165) is 0 Å². The number of aliphatic hydroxyl groups is 1. The maximum Gasteiger partial charge on any atom is 0.135 e. The molecule has 0 amide bonds. The predicted molar refractivity (Wildman–Crippen MR) is 47.6 cm³/mol. The Labute approximate surface area is 68.1 Å². The Morgan fingerprint density at radius 3 is 2.09 bits per heavy atom. The lowest BCUT2D eigenvalue weighted by Gasteiger charge is -2.25. The quantitative estimate of drug-likeness (QED) is 0.475. The highest BCUT2D eigenvalue weighted by Crippen LogP contribution is 2.06. The molecule has 0 fully saturated rings. The molecule has 0 rings (SSSR count). The lowest BCUT2D eigenvalue weighted by Crippen LogP contribution is -2.41. The highest BCUT2D eigenvalue weighted by atomic mass is 16.3. The second kappa shape index (κ2) is 3.53. The Hall–Kier alpha value is -0.830. The SMILES string of the molecule is C=CN=C(N(C)C)C(C)(C)O. The molecule has 0 spiro atoms. The van der Waals surface area contributed by atoms with Gasteiger partial charge in [0.1, 0.15) is 11.4 Å². The first-order chi connectivity index (χ1) is 4.89. The minimum atomic E-state index is -0.905. The van der Waals surface area contributed by atoms with E-state index in [1.165, 1.54) is 6.20 Å². The van der Waals surface area contributed by atoms with Gasteiger partial charge < -0.3 is 10.0 Å². The van der Waals surface area contributed by atoms with Crippen LogP contribution < -0.4 is 0 Å². The average Bonchev–Trinajstić information content (AvgIpc) is 1.79. The van der Waals surface area contributed by atoms with Gasteiger partial charge >= 0.3 is 0 Å². The van der Waals surface area contributed by atoms with Gasteiger partial charge in [0.15, 0.2) is 0 Å². The fraction of sp³-hybridized carbons (Fsp3) is 0.625. The van der Waals surface area contributed by atoms with Gasteiger partial charge in [0.05, 0.1) is 0 Å². The van der Waals surface area contributed by atoms with Gasteiger partial charge in [-0.1, -0.05) is 6.58 Å². The van der Waals surface area contributed by atoms with E-state index in [4.69, 9.17) is 0 Å². The summed E-state index contributed by atoms with van der Waals surface area (Å²) < 4.78 is 0. The van der Waals surface area contributed by atoms with Crippen molar-refractivity contribution in [3.8, 4) is 0 Å². The largest absolute Gasteiger partial charge is 0.383 e. The lowest BCUT2D eigenvalue weighted by molar-refractivity contribution is 0.141. The monoisotopic (exact) mass is 156 g/mol. The van der Waals surface area contributed by atoms with E-state index in [2.05, 4.69) is 11.6 Å². The number of amidine groups is 1. The Bertz CT molecular complexity index is 165. The molecule has 0 saturated carbocycles. The molecule has 0 heterocycles. The van der Waals surface area contributed by atoms with E-state index in [0.29, 0.717) is 5.84 Å². The summed E-state index contributed by atoms with van der Waals surface area (Å²) >= 11 is 0. The summed E-state index contributed by atoms with van der Waals surface area (Å²) in [4.78, 5) is 5.72. The van der Waals surface area contributed by atoms with Crippen LogP contribution in [0, 0.1) is 0 Å². The zero-order valence-electron chi connectivity index (χ0n) is 7.63. The van der Waals surface area contributed by atoms with E-state index < -0.39 is 5.60 Å². The Balaban J connectivity index is 4.62. The predicted octanol–water partition coefficient (Wildman–Crippen LogP) is 0.861. The first-order valence-electron chi connectivity index (χ1n) is 3.48. The van der Waals surface area contributed by atoms with E-state index in [-0.39, 0.29) is 0 Å². The molecule has 0 bridgehead atoms. The van der Waals surface area contributed by atoms with Crippen molar-refractivity contribution in [3.63, 3.8) is 0 Å². The van der Waals surface area contributed by atoms with Gasteiger partial charge in [-0.25, -0.2) is 4.99 Å². The van der Waals surface area contributed by atoms with Crippen LogP contribution in [0.5, 0.6) is 0 Å². The smallest absolute Gasteiger partial charge is 0.135 e. The molecule has 1 N–H and O–H groups in total. The van der Waals surface area contributed by atoms with Crippen molar-refractivity contribution < 1.29 is 5.11 Å². The minimum Gasteiger partial charge on any atom is -0.383 e. The van der Waals surface area contributed by atoms with Crippen LogP contribution in [0.3, 0.4) is 0 Å². The highest BCUT2D eigenvalue weighted by Gasteiger charge is 2.22. The lowest BCUT2D eigenvalue weighted by atomic mass is 10.1. The van der Waals surface area contributed by atoms with Gasteiger partial charge in [-0.3, -0.25) is 0 Å². The number of rotatable bonds is 2. The van der Waals surface area contributed by atoms with Crippen molar-refractivity contribution in [2.75, 3.05) is 14.1 Å². The van der Waals surface area contributed by atoms with Crippen LogP contribution in [0.15, 0.2) is 17.8 Å². The summed E-state index contributed by atoms with van der Waals surface area (Å²) in [7, 11) is 3.67. The highest BCUT2D eigenvalue weighted by molar-refractivity contribution is 5.89. The summed E-state index contributed by atoms with van der Waals surface area (Å²) in [5.74, 6) is 0.604. The van der Waals surface area contributed by atoms with Gasteiger partial charge in [-0.05, 0) is 13.8 Å². The average molecular weight is 156 g/mol. The third-order valence-electron chi connectivity index (χ3n) is 1.18. The number of likely N-dealkylation sites (N-methyl/N-ethyl adjacent to an activating group) is 1. The van der Waals surface area contributed by atoms with Crippen LogP contribution in [0.25, 0.3) is 0 Å². The summed E-state index contributed by atoms with van der Waals surface area (Å²) in [6.45, 7) is 6.85. The van der Waals surface area contributed by atoms with Gasteiger partial charge in [0.2, 0.25) is 0 Å². The van der Waals surface area contributed by atoms with E-state index in [9.17, 15) is 5.11 Å². The molecule has 0 aromatic heterocycles. The van der Waals surface area contributed by atoms with Gasteiger partial charge in [-0.15, -0.1) is 0 Å². The summed E-state index contributed by atoms with van der Waals surface area (Å²) in [5.41, 5.74) is -0.905. The van der Waals surface area contributed by atoms with Crippen LogP contribution in [0.2, 0.25) is 0 Å². The Morgan fingerprint density at radius 1 is 1.55 bits per heavy atom. The standard InChI is InChI=1S/C8H16N2O/c1-6-9-7(10(4)5)8(2,3)11/h6,11H,1H2,2-5H3.